The van der Waals surface area contributed by atoms with Crippen molar-refractivity contribution in [3.05, 3.63) is 23.8 Å². The lowest BCUT2D eigenvalue weighted by molar-refractivity contribution is -0.210. The van der Waals surface area contributed by atoms with E-state index in [1.807, 2.05) is 6.08 Å². The van der Waals surface area contributed by atoms with Crippen LogP contribution in [0.5, 0.6) is 0 Å². The van der Waals surface area contributed by atoms with Gasteiger partial charge in [0.1, 0.15) is 11.7 Å². The van der Waals surface area contributed by atoms with Crippen molar-refractivity contribution in [2.24, 2.45) is 40.4 Å². The van der Waals surface area contributed by atoms with Crippen LogP contribution in [0.2, 0.25) is 0 Å². The number of fused-ring (bicyclic) bond motifs is 5. The predicted octanol–water partition coefficient (Wildman–Crippen LogP) is 5.64. The van der Waals surface area contributed by atoms with Gasteiger partial charge < -0.3 is 15.3 Å². The summed E-state index contributed by atoms with van der Waals surface area (Å²) >= 11 is 0. The molecule has 31 heavy (non-hydrogen) atoms. The van der Waals surface area contributed by atoms with Gasteiger partial charge in [-0.15, -0.1) is 0 Å². The molecule has 3 fully saturated rings. The summed E-state index contributed by atoms with van der Waals surface area (Å²) < 4.78 is 0. The number of hydrogen-bond donors (Lipinski definition) is 3. The lowest BCUT2D eigenvalue weighted by Crippen LogP contribution is -2.65. The Kier molecular flexibility index (Phi) is 6.06. The minimum absolute atomic E-state index is 0.292. The van der Waals surface area contributed by atoms with Gasteiger partial charge in [-0.2, -0.15) is 0 Å². The molecule has 0 radical (unpaired) electrons. The van der Waals surface area contributed by atoms with Crippen LogP contribution in [0, 0.1) is 40.4 Å². The first-order chi connectivity index (χ1) is 14.4. The zero-order valence-corrected chi connectivity index (χ0v) is 20.5. The van der Waals surface area contributed by atoms with E-state index in [0.717, 1.165) is 31.6 Å². The molecule has 4 rings (SSSR count). The van der Waals surface area contributed by atoms with Crippen molar-refractivity contribution in [2.75, 3.05) is 0 Å². The van der Waals surface area contributed by atoms with Crippen LogP contribution in [0.4, 0.5) is 0 Å². The third-order valence-electron chi connectivity index (χ3n) is 10.8. The molecule has 0 unspecified atom stereocenters. The number of hydrogen-bond acceptors (Lipinski definition) is 3. The van der Waals surface area contributed by atoms with Gasteiger partial charge in [-0.3, -0.25) is 0 Å². The summed E-state index contributed by atoms with van der Waals surface area (Å²) in [6.45, 7) is 15.9. The summed E-state index contributed by atoms with van der Waals surface area (Å²) in [6, 6.07) is 0. The lowest BCUT2D eigenvalue weighted by atomic mass is 9.45. The molecule has 3 heteroatoms. The second-order valence-electron chi connectivity index (χ2n) is 12.5. The van der Waals surface area contributed by atoms with Crippen molar-refractivity contribution in [1.29, 1.82) is 0 Å². The Bertz CT molecular complexity index is 741. The fraction of sp³-hybridized carbons (Fsp3) is 0.857. The molecule has 3 saturated carbocycles. The molecule has 0 amide bonds. The molecule has 4 aliphatic rings. The Morgan fingerprint density at radius 3 is 2.45 bits per heavy atom. The smallest absolute Gasteiger partial charge is 0.102 e. The second-order valence-corrected chi connectivity index (χ2v) is 12.5. The van der Waals surface area contributed by atoms with E-state index in [9.17, 15) is 15.3 Å². The minimum Gasteiger partial charge on any atom is -0.393 e. The normalized spacial score (nSPS) is 47.9. The number of aliphatic hydroxyl groups is 3. The molecule has 0 spiro atoms. The standard InChI is InChI=1S/C28H46O3/c1-17(2)18(3)7-8-19(4)22-9-10-23-21-15-25(30)28(31)16-20(29)11-14-27(28,6)24(21)12-13-26(22,23)5/h15,17,19-20,22-25,29-31H,3,7-14,16H2,1-2,4-6H3/t19-,20+,22-,23+,24+,25-,26-,27-,28+/m1/s1. The molecule has 0 saturated heterocycles. The molecule has 4 aliphatic carbocycles. The third kappa shape index (κ3) is 3.49. The monoisotopic (exact) mass is 430 g/mol. The Balaban J connectivity index is 1.58. The molecular weight excluding hydrogens is 384 g/mol. The molecule has 0 bridgehead atoms. The highest BCUT2D eigenvalue weighted by atomic mass is 16.3. The van der Waals surface area contributed by atoms with Gasteiger partial charge in [0.25, 0.3) is 0 Å². The summed E-state index contributed by atoms with van der Waals surface area (Å²) in [4.78, 5) is 0. The summed E-state index contributed by atoms with van der Waals surface area (Å²) in [5.74, 6) is 2.83. The van der Waals surface area contributed by atoms with Crippen molar-refractivity contribution in [3.8, 4) is 0 Å². The molecule has 0 aromatic carbocycles. The van der Waals surface area contributed by atoms with Crippen LogP contribution < -0.4 is 0 Å². The number of aliphatic hydroxyl groups excluding tert-OH is 2. The van der Waals surface area contributed by atoms with E-state index < -0.39 is 17.8 Å². The maximum atomic E-state index is 11.6. The first-order valence-corrected chi connectivity index (χ1v) is 12.9. The van der Waals surface area contributed by atoms with Crippen LogP contribution in [-0.2, 0) is 0 Å². The number of allylic oxidation sites excluding steroid dienone is 2. The Labute approximate surface area is 190 Å². The van der Waals surface area contributed by atoms with Crippen LogP contribution in [0.25, 0.3) is 0 Å². The van der Waals surface area contributed by atoms with Crippen molar-refractivity contribution in [3.63, 3.8) is 0 Å². The highest BCUT2D eigenvalue weighted by Crippen LogP contribution is 2.67. The highest BCUT2D eigenvalue weighted by molar-refractivity contribution is 5.33. The largest absolute Gasteiger partial charge is 0.393 e. The SMILES string of the molecule is C=C(CC[C@@H](C)[C@H]1CC[C@H]2C3=C[C@@H](O)[C@@]4(O)C[C@@H](O)CC[C@]4(C)[C@H]3CC[C@]12C)C(C)C. The van der Waals surface area contributed by atoms with Gasteiger partial charge in [0.15, 0.2) is 0 Å². The quantitative estimate of drug-likeness (QED) is 0.495. The summed E-state index contributed by atoms with van der Waals surface area (Å²) in [5.41, 5.74) is 1.57. The van der Waals surface area contributed by atoms with Gasteiger partial charge in [-0.1, -0.05) is 58.4 Å². The van der Waals surface area contributed by atoms with Crippen molar-refractivity contribution in [2.45, 2.75) is 110 Å². The average molecular weight is 431 g/mol. The van der Waals surface area contributed by atoms with Crippen molar-refractivity contribution in [1.82, 2.24) is 0 Å². The maximum absolute atomic E-state index is 11.6. The van der Waals surface area contributed by atoms with Crippen molar-refractivity contribution < 1.29 is 15.3 Å². The number of rotatable bonds is 5. The highest BCUT2D eigenvalue weighted by Gasteiger charge is 2.64. The Morgan fingerprint density at radius 2 is 1.77 bits per heavy atom. The van der Waals surface area contributed by atoms with Crippen LogP contribution in [0.3, 0.4) is 0 Å². The van der Waals surface area contributed by atoms with Gasteiger partial charge in [-0.25, -0.2) is 0 Å². The van der Waals surface area contributed by atoms with E-state index in [2.05, 4.69) is 41.2 Å². The summed E-state index contributed by atoms with van der Waals surface area (Å²) in [7, 11) is 0. The fourth-order valence-corrected chi connectivity index (χ4v) is 8.42. The summed E-state index contributed by atoms with van der Waals surface area (Å²) in [5, 5.41) is 32.9. The molecule has 0 heterocycles. The zero-order chi connectivity index (χ0) is 22.8. The molecule has 3 nitrogen and oxygen atoms in total. The minimum atomic E-state index is -1.20. The molecule has 9 atom stereocenters. The van der Waals surface area contributed by atoms with E-state index in [-0.39, 0.29) is 5.41 Å². The molecular formula is C28H46O3. The molecule has 0 aliphatic heterocycles. The van der Waals surface area contributed by atoms with Crippen LogP contribution in [0.15, 0.2) is 23.8 Å². The van der Waals surface area contributed by atoms with E-state index >= 15 is 0 Å². The Hall–Kier alpha value is -0.640. The van der Waals surface area contributed by atoms with E-state index in [1.54, 1.807) is 0 Å². The van der Waals surface area contributed by atoms with E-state index in [0.29, 0.717) is 35.5 Å². The molecule has 3 N–H and O–H groups in total. The molecule has 176 valence electrons. The molecule has 0 aromatic heterocycles. The second kappa shape index (κ2) is 7.99. The molecule has 0 aromatic rings. The van der Waals surface area contributed by atoms with Gasteiger partial charge in [-0.05, 0) is 86.4 Å². The maximum Gasteiger partial charge on any atom is 0.102 e. The topological polar surface area (TPSA) is 60.7 Å². The van der Waals surface area contributed by atoms with Crippen LogP contribution >= 0.6 is 0 Å². The third-order valence-corrected chi connectivity index (χ3v) is 10.8. The lowest BCUT2D eigenvalue weighted by Gasteiger charge is -2.62. The van der Waals surface area contributed by atoms with Crippen LogP contribution in [-0.4, -0.2) is 33.1 Å². The fourth-order valence-electron chi connectivity index (χ4n) is 8.42. The first kappa shape index (κ1) is 23.5. The van der Waals surface area contributed by atoms with E-state index in [1.165, 1.54) is 36.8 Å². The Morgan fingerprint density at radius 1 is 1.06 bits per heavy atom. The summed E-state index contributed by atoms with van der Waals surface area (Å²) in [6.07, 6.45) is 9.64. The zero-order valence-electron chi connectivity index (χ0n) is 20.5. The van der Waals surface area contributed by atoms with E-state index in [4.69, 9.17) is 0 Å². The van der Waals surface area contributed by atoms with Crippen molar-refractivity contribution >= 4 is 0 Å². The van der Waals surface area contributed by atoms with Gasteiger partial charge in [0.2, 0.25) is 0 Å². The predicted molar refractivity (Wildman–Crippen MR) is 126 cm³/mol. The van der Waals surface area contributed by atoms with Crippen LogP contribution in [0.1, 0.15) is 92.4 Å². The van der Waals surface area contributed by atoms with Gasteiger partial charge in [0, 0.05) is 11.8 Å². The van der Waals surface area contributed by atoms with Gasteiger partial charge >= 0.3 is 0 Å². The average Bonchev–Trinajstić information content (AvgIpc) is 3.05. The first-order valence-electron chi connectivity index (χ1n) is 12.9. The van der Waals surface area contributed by atoms with Gasteiger partial charge in [0.05, 0.1) is 6.10 Å².